The second kappa shape index (κ2) is 6.02. The lowest BCUT2D eigenvalue weighted by Gasteiger charge is -2.07. The molecule has 2 rings (SSSR count). The Bertz CT molecular complexity index is 497. The van der Waals surface area contributed by atoms with Gasteiger partial charge in [-0.25, -0.2) is 0 Å². The molecule has 4 heteroatoms. The van der Waals surface area contributed by atoms with Crippen LogP contribution in [0.2, 0.25) is 0 Å². The van der Waals surface area contributed by atoms with Gasteiger partial charge in [-0.05, 0) is 24.6 Å². The fourth-order valence-corrected chi connectivity index (χ4v) is 1.50. The average Bonchev–Trinajstić information content (AvgIpc) is 2.40. The van der Waals surface area contributed by atoms with Gasteiger partial charge in [0.25, 0.3) is 0 Å². The summed E-state index contributed by atoms with van der Waals surface area (Å²) >= 11 is 0. The van der Waals surface area contributed by atoms with E-state index in [1.54, 1.807) is 12.1 Å². The molecule has 18 heavy (non-hydrogen) atoms. The van der Waals surface area contributed by atoms with Crippen molar-refractivity contribution >= 4 is 0 Å². The van der Waals surface area contributed by atoms with E-state index in [9.17, 15) is 0 Å². The first-order valence-electron chi connectivity index (χ1n) is 5.88. The number of nitrogens with zero attached hydrogens (tertiary/aromatic N) is 1. The average molecular weight is 244 g/mol. The molecule has 0 radical (unpaired) electrons. The van der Waals surface area contributed by atoms with Gasteiger partial charge in [-0.1, -0.05) is 18.2 Å². The Labute approximate surface area is 106 Å². The molecule has 0 fully saturated rings. The number of aromatic nitrogens is 1. The summed E-state index contributed by atoms with van der Waals surface area (Å²) in [7, 11) is 0. The maximum atomic E-state index is 5.63. The Morgan fingerprint density at radius 1 is 1.06 bits per heavy atom. The molecule has 0 aliphatic heterocycles. The van der Waals surface area contributed by atoms with Crippen LogP contribution in [0.5, 0.6) is 17.5 Å². The summed E-state index contributed by atoms with van der Waals surface area (Å²) in [6, 6.07) is 13.0. The maximum Gasteiger partial charge on any atom is 0.222 e. The lowest BCUT2D eigenvalue weighted by molar-refractivity contribution is 0.321. The summed E-state index contributed by atoms with van der Waals surface area (Å²) in [6.45, 7) is 3.03. The first-order valence-corrected chi connectivity index (χ1v) is 5.88. The summed E-state index contributed by atoms with van der Waals surface area (Å²) in [5, 5.41) is 0. The van der Waals surface area contributed by atoms with Gasteiger partial charge >= 0.3 is 0 Å². The molecule has 2 aromatic rings. The first kappa shape index (κ1) is 12.4. The van der Waals surface area contributed by atoms with Crippen LogP contribution in [0.15, 0.2) is 42.5 Å². The fraction of sp³-hybridized carbons (Fsp3) is 0.214. The largest absolute Gasteiger partial charge is 0.478 e. The highest BCUT2D eigenvalue weighted by Crippen LogP contribution is 2.21. The standard InChI is InChI=1S/C14H16N2O2/c1-2-17-13-4-3-5-14(16-13)18-12-8-6-11(10-15)7-9-12/h3-9H,2,10,15H2,1H3. The van der Waals surface area contributed by atoms with E-state index in [0.717, 1.165) is 11.3 Å². The molecule has 0 amide bonds. The summed E-state index contributed by atoms with van der Waals surface area (Å²) < 4.78 is 10.9. The number of ether oxygens (including phenoxy) is 2. The number of pyridine rings is 1. The van der Waals surface area contributed by atoms with Crippen LogP contribution in [-0.2, 0) is 6.54 Å². The van der Waals surface area contributed by atoms with Gasteiger partial charge in [0, 0.05) is 18.7 Å². The Hall–Kier alpha value is -2.07. The Balaban J connectivity index is 2.09. The topological polar surface area (TPSA) is 57.4 Å². The van der Waals surface area contributed by atoms with Crippen LogP contribution in [0.4, 0.5) is 0 Å². The molecule has 0 saturated carbocycles. The third-order valence-corrected chi connectivity index (χ3v) is 2.37. The molecule has 2 N–H and O–H groups in total. The molecular weight excluding hydrogens is 228 g/mol. The Morgan fingerprint density at radius 3 is 2.44 bits per heavy atom. The van der Waals surface area contributed by atoms with E-state index in [0.29, 0.717) is 24.9 Å². The third kappa shape index (κ3) is 3.21. The summed E-state index contributed by atoms with van der Waals surface area (Å²) in [4.78, 5) is 4.23. The smallest absolute Gasteiger partial charge is 0.222 e. The molecule has 94 valence electrons. The van der Waals surface area contributed by atoms with Gasteiger partial charge in [-0.15, -0.1) is 0 Å². The van der Waals surface area contributed by atoms with E-state index >= 15 is 0 Å². The van der Waals surface area contributed by atoms with Crippen molar-refractivity contribution in [3.05, 3.63) is 48.0 Å². The molecule has 1 heterocycles. The zero-order valence-corrected chi connectivity index (χ0v) is 10.3. The summed E-state index contributed by atoms with van der Waals surface area (Å²) in [5.41, 5.74) is 6.60. The number of hydrogen-bond donors (Lipinski definition) is 1. The molecule has 0 bridgehead atoms. The van der Waals surface area contributed by atoms with E-state index in [2.05, 4.69) is 4.98 Å². The minimum absolute atomic E-state index is 0.515. The SMILES string of the molecule is CCOc1cccc(Oc2ccc(CN)cc2)n1. The van der Waals surface area contributed by atoms with E-state index in [1.165, 1.54) is 0 Å². The number of benzene rings is 1. The number of rotatable bonds is 5. The predicted molar refractivity (Wildman–Crippen MR) is 69.8 cm³/mol. The molecular formula is C14H16N2O2. The normalized spacial score (nSPS) is 10.1. The van der Waals surface area contributed by atoms with Gasteiger partial charge in [-0.2, -0.15) is 4.98 Å². The van der Waals surface area contributed by atoms with Gasteiger partial charge in [0.15, 0.2) is 0 Å². The van der Waals surface area contributed by atoms with Gasteiger partial charge in [0.2, 0.25) is 11.8 Å². The monoisotopic (exact) mass is 244 g/mol. The van der Waals surface area contributed by atoms with Crippen LogP contribution in [0.25, 0.3) is 0 Å². The van der Waals surface area contributed by atoms with Crippen molar-refractivity contribution in [2.45, 2.75) is 13.5 Å². The zero-order valence-electron chi connectivity index (χ0n) is 10.3. The predicted octanol–water partition coefficient (Wildman–Crippen LogP) is 2.73. The summed E-state index contributed by atoms with van der Waals surface area (Å²) in [5.74, 6) is 1.81. The molecule has 0 saturated heterocycles. The van der Waals surface area contributed by atoms with Crippen molar-refractivity contribution in [2.24, 2.45) is 5.73 Å². The van der Waals surface area contributed by atoms with Crippen molar-refractivity contribution in [1.29, 1.82) is 0 Å². The van der Waals surface area contributed by atoms with Crippen molar-refractivity contribution in [3.63, 3.8) is 0 Å². The fourth-order valence-electron chi connectivity index (χ4n) is 1.50. The number of nitrogens with two attached hydrogens (primary N) is 1. The zero-order chi connectivity index (χ0) is 12.8. The van der Waals surface area contributed by atoms with Crippen molar-refractivity contribution in [2.75, 3.05) is 6.61 Å². The molecule has 0 spiro atoms. The molecule has 4 nitrogen and oxygen atoms in total. The highest BCUT2D eigenvalue weighted by Gasteiger charge is 2.01. The van der Waals surface area contributed by atoms with Crippen LogP contribution < -0.4 is 15.2 Å². The molecule has 0 unspecified atom stereocenters. The van der Waals surface area contributed by atoms with Gasteiger partial charge < -0.3 is 15.2 Å². The maximum absolute atomic E-state index is 5.63. The van der Waals surface area contributed by atoms with E-state index < -0.39 is 0 Å². The quantitative estimate of drug-likeness (QED) is 0.878. The lowest BCUT2D eigenvalue weighted by Crippen LogP contribution is -1.97. The Morgan fingerprint density at radius 2 is 1.78 bits per heavy atom. The van der Waals surface area contributed by atoms with Crippen LogP contribution in [0.1, 0.15) is 12.5 Å². The van der Waals surface area contributed by atoms with Crippen LogP contribution >= 0.6 is 0 Å². The molecule has 1 aromatic carbocycles. The number of hydrogen-bond acceptors (Lipinski definition) is 4. The second-order valence-electron chi connectivity index (χ2n) is 3.70. The first-order chi connectivity index (χ1) is 8.81. The van der Waals surface area contributed by atoms with Crippen molar-refractivity contribution in [1.82, 2.24) is 4.98 Å². The third-order valence-electron chi connectivity index (χ3n) is 2.37. The van der Waals surface area contributed by atoms with Crippen LogP contribution in [0, 0.1) is 0 Å². The molecule has 0 aliphatic rings. The van der Waals surface area contributed by atoms with E-state index in [1.807, 2.05) is 37.3 Å². The highest BCUT2D eigenvalue weighted by atomic mass is 16.5. The van der Waals surface area contributed by atoms with Crippen molar-refractivity contribution < 1.29 is 9.47 Å². The minimum atomic E-state index is 0.515. The van der Waals surface area contributed by atoms with E-state index in [-0.39, 0.29) is 0 Å². The van der Waals surface area contributed by atoms with Crippen LogP contribution in [-0.4, -0.2) is 11.6 Å². The lowest BCUT2D eigenvalue weighted by atomic mass is 10.2. The molecule has 0 aliphatic carbocycles. The summed E-state index contributed by atoms with van der Waals surface area (Å²) in [6.07, 6.45) is 0. The van der Waals surface area contributed by atoms with Crippen LogP contribution in [0.3, 0.4) is 0 Å². The second-order valence-corrected chi connectivity index (χ2v) is 3.70. The minimum Gasteiger partial charge on any atom is -0.478 e. The molecule has 0 atom stereocenters. The van der Waals surface area contributed by atoms with E-state index in [4.69, 9.17) is 15.2 Å². The highest BCUT2D eigenvalue weighted by molar-refractivity contribution is 5.31. The van der Waals surface area contributed by atoms with Gasteiger partial charge in [0.05, 0.1) is 6.61 Å². The molecule has 1 aromatic heterocycles. The van der Waals surface area contributed by atoms with Gasteiger partial charge in [-0.3, -0.25) is 0 Å². The Kier molecular flexibility index (Phi) is 4.15. The van der Waals surface area contributed by atoms with Gasteiger partial charge in [0.1, 0.15) is 5.75 Å². The van der Waals surface area contributed by atoms with Crippen molar-refractivity contribution in [3.8, 4) is 17.5 Å².